The van der Waals surface area contributed by atoms with Crippen molar-refractivity contribution in [3.8, 4) is 5.88 Å². The molecule has 0 unspecified atom stereocenters. The molecule has 0 fully saturated rings. The predicted molar refractivity (Wildman–Crippen MR) is 79.3 cm³/mol. The van der Waals surface area contributed by atoms with E-state index in [0.717, 1.165) is 11.8 Å². The largest absolute Gasteiger partial charge is 0.493 e. The quantitative estimate of drug-likeness (QED) is 0.781. The van der Waals surface area contributed by atoms with Crippen molar-refractivity contribution in [2.45, 2.75) is 6.42 Å². The van der Waals surface area contributed by atoms with Crippen LogP contribution in [-0.2, 0) is 6.42 Å². The van der Waals surface area contributed by atoms with Crippen LogP contribution in [0.1, 0.15) is 15.9 Å². The van der Waals surface area contributed by atoms with Crippen molar-refractivity contribution in [1.82, 2.24) is 9.97 Å². The molecule has 0 radical (unpaired) electrons. The summed E-state index contributed by atoms with van der Waals surface area (Å²) in [6.45, 7) is 0.465. The van der Waals surface area contributed by atoms with E-state index in [0.29, 0.717) is 23.0 Å². The summed E-state index contributed by atoms with van der Waals surface area (Å²) in [6.07, 6.45) is 1.64. The third-order valence-corrected chi connectivity index (χ3v) is 3.28. The van der Waals surface area contributed by atoms with Crippen molar-refractivity contribution in [1.29, 1.82) is 0 Å². The highest BCUT2D eigenvalue weighted by Gasteiger charge is 2.12. The van der Waals surface area contributed by atoms with Crippen LogP contribution in [0.15, 0.2) is 24.4 Å². The molecule has 0 aliphatic heterocycles. The number of rotatable bonds is 5. The van der Waals surface area contributed by atoms with Crippen LogP contribution in [0, 0.1) is 0 Å². The molecule has 0 aliphatic carbocycles. The van der Waals surface area contributed by atoms with Gasteiger partial charge in [-0.05, 0) is 24.1 Å². The van der Waals surface area contributed by atoms with Crippen LogP contribution in [0.5, 0.6) is 5.88 Å². The topological polar surface area (TPSA) is 95.3 Å². The second kappa shape index (κ2) is 6.60. The normalized spacial score (nSPS) is 10.4. The number of carboxylic acid groups (broad SMARTS) is 1. The molecule has 1 aromatic carbocycles. The fourth-order valence-corrected chi connectivity index (χ4v) is 2.15. The van der Waals surface area contributed by atoms with Crippen molar-refractivity contribution < 1.29 is 15.0 Å². The Kier molecular flexibility index (Phi) is 4.82. The fraction of sp³-hybridized carbons (Fsp3) is 0.154. The van der Waals surface area contributed by atoms with E-state index in [1.54, 1.807) is 12.1 Å². The zero-order valence-corrected chi connectivity index (χ0v) is 12.2. The molecule has 0 aliphatic rings. The van der Waals surface area contributed by atoms with Crippen LogP contribution in [0.2, 0.25) is 10.0 Å². The summed E-state index contributed by atoms with van der Waals surface area (Å²) >= 11 is 11.9. The SMILES string of the molecule is O=C(O)c1cnc(NCCc2ccc(Cl)cc2Cl)nc1O. The Labute approximate surface area is 130 Å². The minimum Gasteiger partial charge on any atom is -0.493 e. The van der Waals surface area contributed by atoms with E-state index in [1.165, 1.54) is 0 Å². The van der Waals surface area contributed by atoms with E-state index in [2.05, 4.69) is 15.3 Å². The van der Waals surface area contributed by atoms with Crippen LogP contribution in [0.25, 0.3) is 0 Å². The van der Waals surface area contributed by atoms with Gasteiger partial charge in [-0.1, -0.05) is 29.3 Å². The van der Waals surface area contributed by atoms with Gasteiger partial charge in [-0.15, -0.1) is 0 Å². The second-order valence-electron chi connectivity index (χ2n) is 4.15. The molecule has 0 bridgehead atoms. The number of aromatic carboxylic acids is 1. The molecule has 6 nitrogen and oxygen atoms in total. The van der Waals surface area contributed by atoms with Gasteiger partial charge in [0.2, 0.25) is 11.8 Å². The number of anilines is 1. The maximum Gasteiger partial charge on any atom is 0.342 e. The van der Waals surface area contributed by atoms with E-state index in [4.69, 9.17) is 28.3 Å². The molecule has 110 valence electrons. The fourth-order valence-electron chi connectivity index (χ4n) is 1.64. The summed E-state index contributed by atoms with van der Waals surface area (Å²) in [4.78, 5) is 18.2. The van der Waals surface area contributed by atoms with E-state index >= 15 is 0 Å². The minimum absolute atomic E-state index is 0.141. The average Bonchev–Trinajstić information content (AvgIpc) is 2.41. The van der Waals surface area contributed by atoms with E-state index < -0.39 is 11.8 Å². The van der Waals surface area contributed by atoms with Gasteiger partial charge in [0.25, 0.3) is 0 Å². The maximum absolute atomic E-state index is 10.7. The van der Waals surface area contributed by atoms with Gasteiger partial charge in [0.05, 0.1) is 6.20 Å². The number of hydrogen-bond acceptors (Lipinski definition) is 5. The van der Waals surface area contributed by atoms with Gasteiger partial charge in [-0.2, -0.15) is 4.98 Å². The molecule has 2 aromatic rings. The Morgan fingerprint density at radius 3 is 2.71 bits per heavy atom. The first kappa shape index (κ1) is 15.3. The highest BCUT2D eigenvalue weighted by molar-refractivity contribution is 6.35. The predicted octanol–water partition coefficient (Wildman–Crippen LogP) is 2.84. The molecule has 3 N–H and O–H groups in total. The first-order chi connectivity index (χ1) is 9.97. The zero-order chi connectivity index (χ0) is 15.4. The monoisotopic (exact) mass is 327 g/mol. The minimum atomic E-state index is -1.29. The molecular formula is C13H11Cl2N3O3. The van der Waals surface area contributed by atoms with Crippen LogP contribution in [0.3, 0.4) is 0 Å². The van der Waals surface area contributed by atoms with Crippen molar-refractivity contribution in [2.24, 2.45) is 0 Å². The van der Waals surface area contributed by atoms with Gasteiger partial charge in [-0.3, -0.25) is 0 Å². The highest BCUT2D eigenvalue weighted by Crippen LogP contribution is 2.21. The number of nitrogens with one attached hydrogen (secondary N) is 1. The Bertz CT molecular complexity index is 680. The lowest BCUT2D eigenvalue weighted by Crippen LogP contribution is -2.09. The smallest absolute Gasteiger partial charge is 0.342 e. The number of aromatic hydroxyl groups is 1. The Balaban J connectivity index is 1.97. The number of benzene rings is 1. The summed E-state index contributed by atoms with van der Waals surface area (Å²) in [5, 5.41) is 22.2. The number of aromatic nitrogens is 2. The lowest BCUT2D eigenvalue weighted by atomic mass is 10.1. The number of nitrogens with zero attached hydrogens (tertiary/aromatic N) is 2. The van der Waals surface area contributed by atoms with E-state index in [-0.39, 0.29) is 11.5 Å². The second-order valence-corrected chi connectivity index (χ2v) is 4.99. The van der Waals surface area contributed by atoms with E-state index in [9.17, 15) is 9.90 Å². The summed E-state index contributed by atoms with van der Waals surface area (Å²) in [7, 11) is 0. The zero-order valence-electron chi connectivity index (χ0n) is 10.7. The van der Waals surface area contributed by atoms with Crippen molar-refractivity contribution in [3.63, 3.8) is 0 Å². The Morgan fingerprint density at radius 2 is 2.10 bits per heavy atom. The number of hydrogen-bond donors (Lipinski definition) is 3. The Hall–Kier alpha value is -2.05. The van der Waals surface area contributed by atoms with Gasteiger partial charge >= 0.3 is 5.97 Å². The third-order valence-electron chi connectivity index (χ3n) is 2.69. The summed E-state index contributed by atoms with van der Waals surface area (Å²) in [5.74, 6) is -1.72. The van der Waals surface area contributed by atoms with Crippen molar-refractivity contribution in [3.05, 3.63) is 45.6 Å². The molecule has 1 aromatic heterocycles. The highest BCUT2D eigenvalue weighted by atomic mass is 35.5. The van der Waals surface area contributed by atoms with Crippen LogP contribution < -0.4 is 5.32 Å². The number of halogens is 2. The van der Waals surface area contributed by atoms with Gasteiger partial charge in [0.15, 0.2) is 0 Å². The average molecular weight is 328 g/mol. The first-order valence-corrected chi connectivity index (χ1v) is 6.70. The molecule has 0 saturated carbocycles. The molecule has 0 atom stereocenters. The standard InChI is InChI=1S/C13H11Cl2N3O3/c14-8-2-1-7(10(15)5-8)3-4-16-13-17-6-9(12(20)21)11(19)18-13/h1-2,5-6H,3-4H2,(H,20,21)(H2,16,17,18,19). The van der Waals surface area contributed by atoms with Gasteiger partial charge < -0.3 is 15.5 Å². The first-order valence-electron chi connectivity index (χ1n) is 5.94. The Morgan fingerprint density at radius 1 is 1.33 bits per heavy atom. The molecular weight excluding hydrogens is 317 g/mol. The van der Waals surface area contributed by atoms with Gasteiger partial charge in [-0.25, -0.2) is 9.78 Å². The van der Waals surface area contributed by atoms with E-state index in [1.807, 2.05) is 6.07 Å². The van der Waals surface area contributed by atoms with Gasteiger partial charge in [0.1, 0.15) is 5.56 Å². The van der Waals surface area contributed by atoms with Crippen LogP contribution in [0.4, 0.5) is 5.95 Å². The molecule has 0 spiro atoms. The lowest BCUT2D eigenvalue weighted by Gasteiger charge is -2.07. The molecule has 0 amide bonds. The molecule has 8 heteroatoms. The van der Waals surface area contributed by atoms with Crippen LogP contribution in [-0.4, -0.2) is 32.7 Å². The van der Waals surface area contributed by atoms with Crippen LogP contribution >= 0.6 is 23.2 Å². The van der Waals surface area contributed by atoms with Gasteiger partial charge in [0, 0.05) is 16.6 Å². The van der Waals surface area contributed by atoms with Crippen molar-refractivity contribution >= 4 is 35.1 Å². The third kappa shape index (κ3) is 3.96. The summed E-state index contributed by atoms with van der Waals surface area (Å²) in [6, 6.07) is 5.22. The molecule has 0 saturated heterocycles. The molecule has 21 heavy (non-hydrogen) atoms. The van der Waals surface area contributed by atoms with Crippen molar-refractivity contribution in [2.75, 3.05) is 11.9 Å². The summed E-state index contributed by atoms with van der Waals surface area (Å²) < 4.78 is 0. The lowest BCUT2D eigenvalue weighted by molar-refractivity contribution is 0.0692. The summed E-state index contributed by atoms with van der Waals surface area (Å²) in [5.41, 5.74) is 0.557. The number of carboxylic acids is 1. The number of carbonyl (C=O) groups is 1. The maximum atomic E-state index is 10.7. The molecule has 1 heterocycles. The molecule has 2 rings (SSSR count).